The van der Waals surface area contributed by atoms with Crippen LogP contribution in [0.4, 0.5) is 0 Å². The van der Waals surface area contributed by atoms with Crippen molar-refractivity contribution in [1.82, 2.24) is 0 Å². The van der Waals surface area contributed by atoms with Crippen LogP contribution in [0.25, 0.3) is 0 Å². The Labute approximate surface area is 140 Å². The lowest BCUT2D eigenvalue weighted by Crippen LogP contribution is -2.66. The van der Waals surface area contributed by atoms with Crippen LogP contribution in [0.5, 0.6) is 17.2 Å². The molecule has 1 aromatic carbocycles. The first kappa shape index (κ1) is 19.2. The number of benzene rings is 1. The van der Waals surface area contributed by atoms with Crippen LogP contribution in [-0.2, 0) is 9.47 Å². The number of phenolic OH excluding ortho intramolecular Hbond substituents is 3. The molecule has 0 unspecified atom stereocenters. The third kappa shape index (κ3) is 3.61. The van der Waals surface area contributed by atoms with Crippen LogP contribution in [0.2, 0.25) is 0 Å². The van der Waals surface area contributed by atoms with Gasteiger partial charge in [-0.3, -0.25) is 0 Å². The highest BCUT2D eigenvalue weighted by Crippen LogP contribution is 2.35. The van der Waals surface area contributed by atoms with Crippen molar-refractivity contribution < 1.29 is 55.1 Å². The lowest BCUT2D eigenvalue weighted by molar-refractivity contribution is -0.357. The molecule has 8 N–H and O–H groups in total. The van der Waals surface area contributed by atoms with Gasteiger partial charge < -0.3 is 50.3 Å². The molecule has 1 fully saturated rings. The van der Waals surface area contributed by atoms with Crippen LogP contribution in [0, 0.1) is 0 Å². The fourth-order valence-corrected chi connectivity index (χ4v) is 2.30. The van der Waals surface area contributed by atoms with E-state index in [1.165, 1.54) is 0 Å². The summed E-state index contributed by atoms with van der Waals surface area (Å²) < 4.78 is 9.70. The van der Waals surface area contributed by atoms with Crippen molar-refractivity contribution in [3.05, 3.63) is 17.7 Å². The highest BCUT2D eigenvalue weighted by Gasteiger charge is 2.52. The molecule has 0 bridgehead atoms. The molecule has 1 aliphatic heterocycles. The molecule has 5 atom stereocenters. The summed E-state index contributed by atoms with van der Waals surface area (Å²) in [5, 5.41) is 75.9. The Hall–Kier alpha value is -2.15. The first-order valence-electron chi connectivity index (χ1n) is 7.08. The number of esters is 1. The van der Waals surface area contributed by atoms with Crippen LogP contribution in [0.3, 0.4) is 0 Å². The van der Waals surface area contributed by atoms with Crippen molar-refractivity contribution >= 4 is 5.97 Å². The molecule has 0 amide bonds. The van der Waals surface area contributed by atoms with Gasteiger partial charge in [0.1, 0.15) is 31.0 Å². The van der Waals surface area contributed by atoms with Crippen molar-refractivity contribution in [3.63, 3.8) is 0 Å². The van der Waals surface area contributed by atoms with Crippen LogP contribution in [-0.4, -0.2) is 90.2 Å². The van der Waals surface area contributed by atoms with E-state index in [-0.39, 0.29) is 5.56 Å². The maximum absolute atomic E-state index is 11.9. The molecule has 0 saturated carbocycles. The van der Waals surface area contributed by atoms with Gasteiger partial charge in [0.2, 0.25) is 5.79 Å². The van der Waals surface area contributed by atoms with Crippen LogP contribution in [0.15, 0.2) is 12.1 Å². The minimum Gasteiger partial charge on any atom is -0.504 e. The number of aliphatic hydroxyl groups is 5. The maximum atomic E-state index is 11.9. The SMILES string of the molecule is O=C(OC[C@H]1O[C@@](O)(CO)[C@@H](O)[C@H](O)[C@@H]1O)c1cc(O)c(O)c(O)c1. The minimum atomic E-state index is -2.56. The van der Waals surface area contributed by atoms with E-state index in [0.29, 0.717) is 0 Å². The number of carbonyl (C=O) groups excluding carboxylic acids is 1. The number of hydrogen-bond donors (Lipinski definition) is 8. The summed E-state index contributed by atoms with van der Waals surface area (Å²) in [6.45, 7) is -1.80. The summed E-state index contributed by atoms with van der Waals surface area (Å²) in [5.41, 5.74) is -0.337. The lowest BCUT2D eigenvalue weighted by atomic mass is 9.93. The van der Waals surface area contributed by atoms with Crippen molar-refractivity contribution in [3.8, 4) is 17.2 Å². The average Bonchev–Trinajstić information content (AvgIpc) is 2.59. The fraction of sp³-hybridized carbons (Fsp3) is 0.500. The molecule has 1 saturated heterocycles. The normalized spacial score (nSPS) is 32.4. The zero-order valence-corrected chi connectivity index (χ0v) is 12.7. The highest BCUT2D eigenvalue weighted by molar-refractivity contribution is 5.91. The smallest absolute Gasteiger partial charge is 0.338 e. The summed E-state index contributed by atoms with van der Waals surface area (Å²) in [7, 11) is 0. The molecule has 1 aliphatic rings. The molecule has 25 heavy (non-hydrogen) atoms. The van der Waals surface area contributed by atoms with E-state index in [4.69, 9.17) is 14.6 Å². The molecule has 1 heterocycles. The van der Waals surface area contributed by atoms with E-state index in [1.54, 1.807) is 0 Å². The number of hydrogen-bond acceptors (Lipinski definition) is 11. The maximum Gasteiger partial charge on any atom is 0.338 e. The Morgan fingerprint density at radius 3 is 2.20 bits per heavy atom. The second kappa shape index (κ2) is 7.00. The second-order valence-corrected chi connectivity index (χ2v) is 5.55. The number of ether oxygens (including phenoxy) is 2. The van der Waals surface area contributed by atoms with Gasteiger partial charge in [-0.25, -0.2) is 4.79 Å². The van der Waals surface area contributed by atoms with Crippen LogP contribution in [0.1, 0.15) is 10.4 Å². The van der Waals surface area contributed by atoms with Crippen molar-refractivity contribution in [1.29, 1.82) is 0 Å². The summed E-state index contributed by atoms with van der Waals surface area (Å²) in [6.07, 6.45) is -7.10. The highest BCUT2D eigenvalue weighted by atomic mass is 16.7. The van der Waals surface area contributed by atoms with Crippen molar-refractivity contribution in [2.45, 2.75) is 30.2 Å². The zero-order chi connectivity index (χ0) is 18.9. The Kier molecular flexibility index (Phi) is 5.37. The van der Waals surface area contributed by atoms with Crippen LogP contribution < -0.4 is 0 Å². The largest absolute Gasteiger partial charge is 0.504 e. The number of aromatic hydroxyl groups is 3. The van der Waals surface area contributed by atoms with E-state index >= 15 is 0 Å². The molecule has 2 rings (SSSR count). The Balaban J connectivity index is 2.08. The van der Waals surface area contributed by atoms with Gasteiger partial charge in [-0.15, -0.1) is 0 Å². The standard InChI is InChI=1S/C14H18O11/c15-4-14(23)12(21)11(20)10(19)8(25-14)3-24-13(22)5-1-6(16)9(18)7(17)2-5/h1-2,8,10-12,15-21,23H,3-4H2/t8-,10-,11-,12+,14+/m1/s1. The van der Waals surface area contributed by atoms with Gasteiger partial charge in [0, 0.05) is 0 Å². The first-order valence-corrected chi connectivity index (χ1v) is 7.08. The van der Waals surface area contributed by atoms with Crippen molar-refractivity contribution in [2.75, 3.05) is 13.2 Å². The average molecular weight is 362 g/mol. The van der Waals surface area contributed by atoms with E-state index in [2.05, 4.69) is 0 Å². The van der Waals surface area contributed by atoms with Gasteiger partial charge in [-0.1, -0.05) is 0 Å². The molecule has 0 aromatic heterocycles. The summed E-state index contributed by atoms with van der Waals surface area (Å²) in [4.78, 5) is 11.9. The van der Waals surface area contributed by atoms with Gasteiger partial charge in [0.05, 0.1) is 12.2 Å². The summed E-state index contributed by atoms with van der Waals surface area (Å²) >= 11 is 0. The number of phenols is 3. The molecular formula is C14H18O11. The summed E-state index contributed by atoms with van der Waals surface area (Å²) in [6, 6.07) is 1.64. The lowest BCUT2D eigenvalue weighted by Gasteiger charge is -2.44. The second-order valence-electron chi connectivity index (χ2n) is 5.55. The van der Waals surface area contributed by atoms with Gasteiger partial charge in [0.15, 0.2) is 17.2 Å². The van der Waals surface area contributed by atoms with Crippen LogP contribution >= 0.6 is 0 Å². The van der Waals surface area contributed by atoms with E-state index in [1.807, 2.05) is 0 Å². The molecule has 0 spiro atoms. The predicted molar refractivity (Wildman–Crippen MR) is 76.6 cm³/mol. The quantitative estimate of drug-likeness (QED) is 0.202. The molecule has 0 radical (unpaired) electrons. The minimum absolute atomic E-state index is 0.337. The van der Waals surface area contributed by atoms with E-state index in [0.717, 1.165) is 12.1 Å². The molecule has 11 nitrogen and oxygen atoms in total. The third-order valence-corrected chi connectivity index (χ3v) is 3.78. The van der Waals surface area contributed by atoms with E-state index in [9.17, 15) is 40.5 Å². The fourth-order valence-electron chi connectivity index (χ4n) is 2.30. The molecule has 140 valence electrons. The Bertz CT molecular complexity index is 625. The van der Waals surface area contributed by atoms with Crippen molar-refractivity contribution in [2.24, 2.45) is 0 Å². The van der Waals surface area contributed by atoms with E-state index < -0.39 is 66.6 Å². The molecule has 1 aromatic rings. The molecule has 11 heteroatoms. The molecular weight excluding hydrogens is 344 g/mol. The van der Waals surface area contributed by atoms with Gasteiger partial charge in [-0.2, -0.15) is 0 Å². The third-order valence-electron chi connectivity index (χ3n) is 3.78. The Morgan fingerprint density at radius 2 is 1.68 bits per heavy atom. The Morgan fingerprint density at radius 1 is 1.12 bits per heavy atom. The number of rotatable bonds is 4. The number of aliphatic hydroxyl groups excluding tert-OH is 4. The van der Waals surface area contributed by atoms with Gasteiger partial charge in [0.25, 0.3) is 0 Å². The monoisotopic (exact) mass is 362 g/mol. The van der Waals surface area contributed by atoms with Gasteiger partial charge >= 0.3 is 5.97 Å². The predicted octanol–water partition coefficient (Wildman–Crippen LogP) is -2.88. The topological polar surface area (TPSA) is 197 Å². The summed E-state index contributed by atoms with van der Waals surface area (Å²) in [5.74, 6) is -6.02. The number of carbonyl (C=O) groups is 1. The first-order chi connectivity index (χ1) is 11.6. The molecule has 0 aliphatic carbocycles. The van der Waals surface area contributed by atoms with Gasteiger partial charge in [-0.05, 0) is 12.1 Å². The zero-order valence-electron chi connectivity index (χ0n) is 12.7.